The first-order valence-electron chi connectivity index (χ1n) is 0.763. The minimum absolute atomic E-state index is 0.0378. The maximum Gasteiger partial charge on any atom is 0.374 e. The summed E-state index contributed by atoms with van der Waals surface area (Å²) in [6.45, 7) is 0. The highest BCUT2D eigenvalue weighted by atomic mass is 127. The Morgan fingerprint density at radius 2 is 1.60 bits per heavy atom. The SMILES string of the molecule is O=CI(=O)=O. The van der Waals surface area contributed by atoms with Gasteiger partial charge in [-0.25, -0.2) is 6.14 Å². The summed E-state index contributed by atoms with van der Waals surface area (Å²) in [6.07, 6.45) is 0. The van der Waals surface area contributed by atoms with Crippen LogP contribution in [0.1, 0.15) is 0 Å². The zero-order valence-corrected chi connectivity index (χ0v) is 4.34. The van der Waals surface area contributed by atoms with Crippen LogP contribution in [0.25, 0.3) is 0 Å². The van der Waals surface area contributed by atoms with E-state index < -0.39 is 19.8 Å². The third-order valence-electron chi connectivity index (χ3n) is 0.0727. The third kappa shape index (κ3) is 4.00. The number of hydrogen-bond donors (Lipinski definition) is 0. The van der Waals surface area contributed by atoms with E-state index in [0.717, 1.165) is 0 Å². The van der Waals surface area contributed by atoms with Gasteiger partial charge < -0.3 is 0 Å². The molecular weight excluding hydrogens is 187 g/mol. The van der Waals surface area contributed by atoms with Crippen LogP contribution in [0.15, 0.2) is 0 Å². The van der Waals surface area contributed by atoms with Gasteiger partial charge in [-0.2, -0.15) is 0 Å². The Kier molecular flexibility index (Phi) is 2.25. The predicted octanol–water partition coefficient (Wildman–Crippen LogP) is 0.374. The largest absolute Gasteiger partial charge is 0.374 e. The Morgan fingerprint density at radius 1 is 1.40 bits per heavy atom. The van der Waals surface area contributed by atoms with Gasteiger partial charge in [0.2, 0.25) is 4.29 Å². The molecule has 0 aliphatic heterocycles. The zero-order chi connectivity index (χ0) is 4.28. The van der Waals surface area contributed by atoms with Gasteiger partial charge in [-0.3, -0.25) is 4.79 Å². The Hall–Kier alpha value is -0.0000000000000000555. The molecular formula is CHIO3. The first-order chi connectivity index (χ1) is 2.27. The fourth-order valence-electron chi connectivity index (χ4n) is 0. The molecule has 0 unspecified atom stereocenters. The first-order valence-corrected chi connectivity index (χ1v) is 3.77. The maximum absolute atomic E-state index is 9.13. The molecule has 0 saturated carbocycles. The summed E-state index contributed by atoms with van der Waals surface area (Å²) in [7, 11) is 0. The van der Waals surface area contributed by atoms with Gasteiger partial charge in [-0.05, 0) is 0 Å². The van der Waals surface area contributed by atoms with Crippen molar-refractivity contribution in [2.75, 3.05) is 0 Å². The second kappa shape index (κ2) is 2.25. The number of carbonyl (C=O) groups excluding carboxylic acids is 1. The predicted molar refractivity (Wildman–Crippen MR) is 22.1 cm³/mol. The highest BCUT2D eigenvalue weighted by molar-refractivity contribution is 14.2. The van der Waals surface area contributed by atoms with Gasteiger partial charge >= 0.3 is 19.8 Å². The van der Waals surface area contributed by atoms with Crippen LogP contribution in [0.3, 0.4) is 0 Å². The average molecular weight is 188 g/mol. The second-order valence-electron chi connectivity index (χ2n) is 0.330. The Balaban J connectivity index is 3.69. The van der Waals surface area contributed by atoms with Crippen molar-refractivity contribution in [1.29, 1.82) is 0 Å². The maximum atomic E-state index is 9.13. The Bertz CT molecular complexity index is 83.1. The van der Waals surface area contributed by atoms with Gasteiger partial charge in [0.1, 0.15) is 0 Å². The summed E-state index contributed by atoms with van der Waals surface area (Å²) >= 11 is -3.46. The van der Waals surface area contributed by atoms with Crippen LogP contribution in [0.4, 0.5) is 0 Å². The van der Waals surface area contributed by atoms with Crippen LogP contribution in [0.2, 0.25) is 0 Å². The molecule has 0 saturated heterocycles. The highest BCUT2D eigenvalue weighted by Crippen LogP contribution is 1.90. The fraction of sp³-hybridized carbons (Fsp3) is 0. The molecule has 0 aromatic carbocycles. The molecule has 0 aliphatic rings. The second-order valence-corrected chi connectivity index (χ2v) is 2.22. The van der Waals surface area contributed by atoms with E-state index >= 15 is 0 Å². The molecule has 5 heavy (non-hydrogen) atoms. The lowest BCUT2D eigenvalue weighted by Gasteiger charge is -1.37. The van der Waals surface area contributed by atoms with E-state index in [1.807, 2.05) is 0 Å². The van der Waals surface area contributed by atoms with Crippen molar-refractivity contribution in [2.45, 2.75) is 0 Å². The molecule has 0 atom stereocenters. The van der Waals surface area contributed by atoms with Crippen molar-refractivity contribution in [3.63, 3.8) is 0 Å². The molecule has 0 fully saturated rings. The molecule has 0 bridgehead atoms. The van der Waals surface area contributed by atoms with Gasteiger partial charge in [0.25, 0.3) is 0 Å². The lowest BCUT2D eigenvalue weighted by molar-refractivity contribution is 0.568. The smallest absolute Gasteiger partial charge is 0.286 e. The standard InChI is InChI=1S/CHIO3/c3-1-2(4)5/h1H. The average Bonchev–Trinajstić information content (AvgIpc) is 1.38. The van der Waals surface area contributed by atoms with Crippen molar-refractivity contribution >= 4 is 24.1 Å². The summed E-state index contributed by atoms with van der Waals surface area (Å²) in [4.78, 5) is 8.95. The molecule has 0 N–H and O–H groups in total. The van der Waals surface area contributed by atoms with E-state index in [-0.39, 0.29) is 4.29 Å². The van der Waals surface area contributed by atoms with E-state index in [0.29, 0.717) is 0 Å². The molecule has 0 spiro atoms. The van der Waals surface area contributed by atoms with Crippen molar-refractivity contribution in [3.8, 4) is 0 Å². The van der Waals surface area contributed by atoms with Crippen molar-refractivity contribution in [1.82, 2.24) is 0 Å². The molecule has 3 nitrogen and oxygen atoms in total. The van der Waals surface area contributed by atoms with Crippen LogP contribution in [0.5, 0.6) is 0 Å². The van der Waals surface area contributed by atoms with Crippen LogP contribution < -0.4 is 0 Å². The first kappa shape index (κ1) is 5.00. The van der Waals surface area contributed by atoms with E-state index in [1.54, 1.807) is 0 Å². The van der Waals surface area contributed by atoms with Gasteiger partial charge in [0.15, 0.2) is 0 Å². The quantitative estimate of drug-likeness (QED) is 0.339. The van der Waals surface area contributed by atoms with Crippen LogP contribution in [-0.4, -0.2) is 4.29 Å². The monoisotopic (exact) mass is 188 g/mol. The summed E-state index contributed by atoms with van der Waals surface area (Å²) in [5.74, 6) is 0. The summed E-state index contributed by atoms with van der Waals surface area (Å²) in [6, 6.07) is 0. The normalized spacial score (nSPS) is 8.20. The summed E-state index contributed by atoms with van der Waals surface area (Å²) in [5.41, 5.74) is 0. The van der Waals surface area contributed by atoms with Gasteiger partial charge in [-0.15, -0.1) is 0 Å². The Morgan fingerprint density at radius 3 is 1.60 bits per heavy atom. The highest BCUT2D eigenvalue weighted by Gasteiger charge is 1.71. The molecule has 4 heteroatoms. The van der Waals surface area contributed by atoms with Crippen LogP contribution >= 0.6 is 19.8 Å². The van der Waals surface area contributed by atoms with E-state index in [1.165, 1.54) is 0 Å². The summed E-state index contributed by atoms with van der Waals surface area (Å²) < 4.78 is 18.2. The zero-order valence-electron chi connectivity index (χ0n) is 2.18. The molecule has 0 aromatic heterocycles. The minimum atomic E-state index is -3.46. The van der Waals surface area contributed by atoms with Gasteiger partial charge in [-0.1, -0.05) is 0 Å². The Labute approximate surface area is 35.5 Å². The van der Waals surface area contributed by atoms with Gasteiger partial charge in [0.05, 0.1) is 0 Å². The molecule has 0 aliphatic carbocycles. The minimum Gasteiger partial charge on any atom is -0.286 e. The van der Waals surface area contributed by atoms with Crippen molar-refractivity contribution in [3.05, 3.63) is 0 Å². The van der Waals surface area contributed by atoms with E-state index in [9.17, 15) is 0 Å². The fourth-order valence-corrected chi connectivity index (χ4v) is 0. The number of halogens is 1. The van der Waals surface area contributed by atoms with E-state index in [4.69, 9.17) is 10.9 Å². The molecule has 0 aromatic rings. The summed E-state index contributed by atoms with van der Waals surface area (Å²) in [5, 5.41) is 0. The van der Waals surface area contributed by atoms with Crippen molar-refractivity contribution < 1.29 is 10.9 Å². The number of rotatable bonds is 1. The molecule has 0 heterocycles. The van der Waals surface area contributed by atoms with Crippen LogP contribution in [0, 0.1) is 0 Å². The third-order valence-corrected chi connectivity index (χ3v) is 0.488. The molecule has 30 valence electrons. The van der Waals surface area contributed by atoms with E-state index in [2.05, 4.69) is 0 Å². The molecule has 0 radical (unpaired) electrons. The topological polar surface area (TPSA) is 51.2 Å². The lowest BCUT2D eigenvalue weighted by atomic mass is 11.9. The number of hydrogen-bond acceptors (Lipinski definition) is 3. The molecule has 0 rings (SSSR count). The number of carbonyl (C=O) groups is 1. The van der Waals surface area contributed by atoms with Crippen molar-refractivity contribution in [2.24, 2.45) is 0 Å². The van der Waals surface area contributed by atoms with Gasteiger partial charge in [0, 0.05) is 0 Å². The molecule has 0 amide bonds. The lowest BCUT2D eigenvalue weighted by Crippen LogP contribution is -1.37. The van der Waals surface area contributed by atoms with Crippen LogP contribution in [-0.2, 0) is 10.9 Å².